The standard InChI is InChI=1S/C26H27N5O3S/c1-17-22-24(31-14-12-30(13-15-31)18-8-10-19(33-2)11-9-18)27-16-28-26(22)35-23(17)25(32)29-20-6-4-5-7-21(20)34-3/h4-11,16H,12-15H2,1-3H3,(H,29,32). The molecule has 0 unspecified atom stereocenters. The van der Waals surface area contributed by atoms with Crippen molar-refractivity contribution in [2.75, 3.05) is 55.5 Å². The van der Waals surface area contributed by atoms with Gasteiger partial charge < -0.3 is 24.6 Å². The van der Waals surface area contributed by atoms with Gasteiger partial charge in [-0.3, -0.25) is 4.79 Å². The molecule has 3 heterocycles. The molecule has 1 saturated heterocycles. The molecule has 0 radical (unpaired) electrons. The van der Waals surface area contributed by atoms with Crippen molar-refractivity contribution >= 4 is 44.7 Å². The fraction of sp³-hybridized carbons (Fsp3) is 0.269. The largest absolute Gasteiger partial charge is 0.497 e. The average molecular weight is 490 g/mol. The summed E-state index contributed by atoms with van der Waals surface area (Å²) in [5.41, 5.74) is 2.71. The number of piperazine rings is 1. The first kappa shape index (κ1) is 22.9. The van der Waals surface area contributed by atoms with E-state index in [2.05, 4.69) is 37.2 Å². The maximum absolute atomic E-state index is 13.2. The Morgan fingerprint density at radius 1 is 0.943 bits per heavy atom. The van der Waals surface area contributed by atoms with Gasteiger partial charge in [-0.15, -0.1) is 11.3 Å². The van der Waals surface area contributed by atoms with E-state index in [-0.39, 0.29) is 5.91 Å². The number of anilines is 3. The van der Waals surface area contributed by atoms with E-state index in [0.717, 1.165) is 53.5 Å². The molecule has 1 fully saturated rings. The van der Waals surface area contributed by atoms with Crippen LogP contribution in [0.5, 0.6) is 11.5 Å². The van der Waals surface area contributed by atoms with E-state index in [1.165, 1.54) is 17.0 Å². The number of amides is 1. The molecule has 0 spiro atoms. The third-order valence-electron chi connectivity index (χ3n) is 6.28. The highest BCUT2D eigenvalue weighted by Gasteiger charge is 2.25. The van der Waals surface area contributed by atoms with Crippen LogP contribution < -0.4 is 24.6 Å². The zero-order valence-electron chi connectivity index (χ0n) is 19.9. The molecule has 35 heavy (non-hydrogen) atoms. The SMILES string of the molecule is COc1ccc(N2CCN(c3ncnc4sc(C(=O)Nc5ccccc5OC)c(C)c34)CC2)cc1. The summed E-state index contributed by atoms with van der Waals surface area (Å²) in [5.74, 6) is 2.18. The van der Waals surface area contributed by atoms with E-state index in [4.69, 9.17) is 9.47 Å². The van der Waals surface area contributed by atoms with Crippen LogP contribution in [0.15, 0.2) is 54.9 Å². The molecule has 1 aliphatic rings. The van der Waals surface area contributed by atoms with E-state index >= 15 is 0 Å². The van der Waals surface area contributed by atoms with Crippen LogP contribution in [0.1, 0.15) is 15.2 Å². The van der Waals surface area contributed by atoms with Gasteiger partial charge in [0.1, 0.15) is 28.5 Å². The normalized spacial score (nSPS) is 13.7. The third-order valence-corrected chi connectivity index (χ3v) is 7.48. The summed E-state index contributed by atoms with van der Waals surface area (Å²) in [7, 11) is 3.27. The van der Waals surface area contributed by atoms with Crippen molar-refractivity contribution < 1.29 is 14.3 Å². The second-order valence-corrected chi connectivity index (χ2v) is 9.26. The Morgan fingerprint density at radius 2 is 1.66 bits per heavy atom. The molecule has 0 bridgehead atoms. The maximum atomic E-state index is 13.2. The average Bonchev–Trinajstić information content (AvgIpc) is 3.26. The Bertz CT molecular complexity index is 1350. The van der Waals surface area contributed by atoms with Crippen molar-refractivity contribution in [1.82, 2.24) is 9.97 Å². The second kappa shape index (κ2) is 9.79. The molecular formula is C26H27N5O3S. The first-order valence-electron chi connectivity index (χ1n) is 11.4. The van der Waals surface area contributed by atoms with Crippen molar-refractivity contribution in [3.05, 3.63) is 65.3 Å². The molecule has 0 saturated carbocycles. The number of nitrogens with one attached hydrogen (secondary N) is 1. The van der Waals surface area contributed by atoms with Gasteiger partial charge >= 0.3 is 0 Å². The molecular weight excluding hydrogens is 462 g/mol. The van der Waals surface area contributed by atoms with Crippen molar-refractivity contribution in [2.45, 2.75) is 6.92 Å². The van der Waals surface area contributed by atoms with Crippen LogP contribution in [0.25, 0.3) is 10.2 Å². The number of carbonyl (C=O) groups is 1. The summed E-state index contributed by atoms with van der Waals surface area (Å²) in [6, 6.07) is 15.5. The zero-order valence-corrected chi connectivity index (χ0v) is 20.8. The lowest BCUT2D eigenvalue weighted by molar-refractivity contribution is 0.102. The van der Waals surface area contributed by atoms with Crippen LogP contribution in [0.3, 0.4) is 0 Å². The molecule has 4 aromatic rings. The summed E-state index contributed by atoms with van der Waals surface area (Å²) < 4.78 is 10.6. The minimum Gasteiger partial charge on any atom is -0.497 e. The van der Waals surface area contributed by atoms with Gasteiger partial charge in [-0.1, -0.05) is 12.1 Å². The summed E-state index contributed by atoms with van der Waals surface area (Å²) >= 11 is 1.39. The number of fused-ring (bicyclic) bond motifs is 1. The van der Waals surface area contributed by atoms with E-state index in [0.29, 0.717) is 16.3 Å². The molecule has 2 aromatic carbocycles. The van der Waals surface area contributed by atoms with E-state index in [9.17, 15) is 4.79 Å². The molecule has 2 aromatic heterocycles. The minimum atomic E-state index is -0.176. The van der Waals surface area contributed by atoms with E-state index in [1.807, 2.05) is 43.3 Å². The number of aryl methyl sites for hydroxylation is 1. The van der Waals surface area contributed by atoms with Gasteiger partial charge in [0, 0.05) is 31.9 Å². The lowest BCUT2D eigenvalue weighted by atomic mass is 10.1. The van der Waals surface area contributed by atoms with Crippen LogP contribution in [0, 0.1) is 6.92 Å². The number of rotatable bonds is 6. The molecule has 5 rings (SSSR count). The topological polar surface area (TPSA) is 79.8 Å². The summed E-state index contributed by atoms with van der Waals surface area (Å²) in [6.45, 7) is 5.38. The lowest BCUT2D eigenvalue weighted by Gasteiger charge is -2.37. The van der Waals surface area contributed by atoms with Crippen molar-refractivity contribution in [3.8, 4) is 11.5 Å². The molecule has 9 heteroatoms. The molecule has 1 aliphatic heterocycles. The van der Waals surface area contributed by atoms with Crippen LogP contribution in [0.4, 0.5) is 17.2 Å². The molecule has 8 nitrogen and oxygen atoms in total. The quantitative estimate of drug-likeness (QED) is 0.424. The van der Waals surface area contributed by atoms with Crippen molar-refractivity contribution in [1.29, 1.82) is 0 Å². The van der Waals surface area contributed by atoms with Crippen molar-refractivity contribution in [2.24, 2.45) is 0 Å². The van der Waals surface area contributed by atoms with Crippen LogP contribution in [-0.4, -0.2) is 56.3 Å². The van der Waals surface area contributed by atoms with E-state index in [1.54, 1.807) is 20.5 Å². The summed E-state index contributed by atoms with van der Waals surface area (Å²) in [4.78, 5) is 28.4. The van der Waals surface area contributed by atoms with Crippen LogP contribution >= 0.6 is 11.3 Å². The number of hydrogen-bond donors (Lipinski definition) is 1. The number of hydrogen-bond acceptors (Lipinski definition) is 8. The highest BCUT2D eigenvalue weighted by atomic mass is 32.1. The Morgan fingerprint density at radius 3 is 2.37 bits per heavy atom. The maximum Gasteiger partial charge on any atom is 0.266 e. The van der Waals surface area contributed by atoms with Crippen LogP contribution in [-0.2, 0) is 0 Å². The molecule has 1 N–H and O–H groups in total. The fourth-order valence-corrected chi connectivity index (χ4v) is 5.44. The van der Waals surface area contributed by atoms with E-state index < -0.39 is 0 Å². The highest BCUT2D eigenvalue weighted by molar-refractivity contribution is 7.20. The number of carbonyl (C=O) groups excluding carboxylic acids is 1. The van der Waals surface area contributed by atoms with Gasteiger partial charge in [0.2, 0.25) is 0 Å². The zero-order chi connectivity index (χ0) is 24.4. The fourth-order valence-electron chi connectivity index (χ4n) is 4.41. The van der Waals surface area contributed by atoms with Gasteiger partial charge in [0.05, 0.1) is 30.2 Å². The van der Waals surface area contributed by atoms with Gasteiger partial charge in [-0.05, 0) is 48.9 Å². The number of para-hydroxylation sites is 2. The number of thiophene rings is 1. The van der Waals surface area contributed by atoms with Gasteiger partial charge in [0.25, 0.3) is 5.91 Å². The number of benzene rings is 2. The predicted molar refractivity (Wildman–Crippen MR) is 141 cm³/mol. The Kier molecular flexibility index (Phi) is 6.41. The van der Waals surface area contributed by atoms with Crippen LogP contribution in [0.2, 0.25) is 0 Å². The predicted octanol–water partition coefficient (Wildman–Crippen LogP) is 4.60. The molecule has 0 aliphatic carbocycles. The minimum absolute atomic E-state index is 0.176. The third kappa shape index (κ3) is 4.46. The molecule has 1 amide bonds. The highest BCUT2D eigenvalue weighted by Crippen LogP contribution is 2.36. The molecule has 180 valence electrons. The Labute approximate surface area is 208 Å². The van der Waals surface area contributed by atoms with Gasteiger partial charge in [-0.2, -0.15) is 0 Å². The Balaban J connectivity index is 1.37. The monoisotopic (exact) mass is 489 g/mol. The smallest absolute Gasteiger partial charge is 0.266 e. The Hall–Kier alpha value is -3.85. The summed E-state index contributed by atoms with van der Waals surface area (Å²) in [6.07, 6.45) is 1.59. The van der Waals surface area contributed by atoms with Crippen molar-refractivity contribution in [3.63, 3.8) is 0 Å². The lowest BCUT2D eigenvalue weighted by Crippen LogP contribution is -2.46. The first-order valence-corrected chi connectivity index (χ1v) is 12.2. The number of aromatic nitrogens is 2. The number of methoxy groups -OCH3 is 2. The summed E-state index contributed by atoms with van der Waals surface area (Å²) in [5, 5.41) is 3.92. The molecule has 0 atom stereocenters. The second-order valence-electron chi connectivity index (χ2n) is 8.26. The number of ether oxygens (including phenoxy) is 2. The number of nitrogens with zero attached hydrogens (tertiary/aromatic N) is 4. The van der Waals surface area contributed by atoms with Gasteiger partial charge in [-0.25, -0.2) is 9.97 Å². The van der Waals surface area contributed by atoms with Gasteiger partial charge in [0.15, 0.2) is 0 Å². The first-order chi connectivity index (χ1) is 17.1.